The molecule has 0 unspecified atom stereocenters. The summed E-state index contributed by atoms with van der Waals surface area (Å²) in [5.41, 5.74) is 8.55. The summed E-state index contributed by atoms with van der Waals surface area (Å²) in [6.45, 7) is 1.96. The Kier molecular flexibility index (Phi) is 3.28. The molecule has 0 aliphatic heterocycles. The smallest absolute Gasteiger partial charge is 0.261 e. The summed E-state index contributed by atoms with van der Waals surface area (Å²) in [5, 5.41) is 0. The number of para-hydroxylation sites is 1. The molecule has 0 saturated heterocycles. The quantitative estimate of drug-likeness (QED) is 0.877. The third-order valence-electron chi connectivity index (χ3n) is 2.87. The molecule has 0 aliphatic rings. The normalized spacial score (nSPS) is 10.1. The molecule has 1 heterocycles. The molecule has 2 N–H and O–H groups in total. The molecule has 2 aromatic rings. The molecule has 0 fully saturated rings. The van der Waals surface area contributed by atoms with Crippen molar-refractivity contribution in [2.45, 2.75) is 6.92 Å². The third kappa shape index (κ3) is 2.18. The molecular formula is C14H15N3O. The van der Waals surface area contributed by atoms with Crippen LogP contribution in [0.15, 0.2) is 42.7 Å². The first-order valence-corrected chi connectivity index (χ1v) is 5.64. The average molecular weight is 241 g/mol. The maximum atomic E-state index is 12.3. The summed E-state index contributed by atoms with van der Waals surface area (Å²) in [6.07, 6.45) is 3.06. The van der Waals surface area contributed by atoms with Gasteiger partial charge in [-0.1, -0.05) is 18.2 Å². The Hall–Kier alpha value is -2.36. The fraction of sp³-hybridized carbons (Fsp3) is 0.143. The summed E-state index contributed by atoms with van der Waals surface area (Å²) in [4.78, 5) is 17.8. The Balaban J connectivity index is 2.36. The molecule has 0 atom stereocenters. The Morgan fingerprint density at radius 3 is 2.67 bits per heavy atom. The highest BCUT2D eigenvalue weighted by atomic mass is 16.2. The van der Waals surface area contributed by atoms with Gasteiger partial charge in [-0.25, -0.2) is 0 Å². The van der Waals surface area contributed by atoms with Crippen LogP contribution < -0.4 is 10.6 Å². The number of aromatic nitrogens is 1. The molecule has 1 aromatic heterocycles. The van der Waals surface area contributed by atoms with Crippen LogP contribution in [-0.2, 0) is 0 Å². The summed E-state index contributed by atoms with van der Waals surface area (Å²) in [6, 6.07) is 9.33. The highest BCUT2D eigenvalue weighted by molar-refractivity contribution is 6.09. The minimum Gasteiger partial charge on any atom is -0.398 e. The van der Waals surface area contributed by atoms with E-state index in [2.05, 4.69) is 4.98 Å². The average Bonchev–Trinajstić information content (AvgIpc) is 2.38. The van der Waals surface area contributed by atoms with Crippen molar-refractivity contribution in [3.63, 3.8) is 0 Å². The zero-order chi connectivity index (χ0) is 13.1. The molecule has 0 radical (unpaired) electrons. The number of hydrogen-bond donors (Lipinski definition) is 1. The predicted molar refractivity (Wildman–Crippen MR) is 72.6 cm³/mol. The van der Waals surface area contributed by atoms with Gasteiger partial charge >= 0.3 is 0 Å². The zero-order valence-electron chi connectivity index (χ0n) is 10.4. The van der Waals surface area contributed by atoms with Crippen LogP contribution in [-0.4, -0.2) is 17.9 Å². The van der Waals surface area contributed by atoms with Crippen LogP contribution in [0.5, 0.6) is 0 Å². The van der Waals surface area contributed by atoms with E-state index in [4.69, 9.17) is 5.73 Å². The molecule has 92 valence electrons. The summed E-state index contributed by atoms with van der Waals surface area (Å²) in [7, 11) is 1.73. The van der Waals surface area contributed by atoms with Gasteiger partial charge in [0.1, 0.15) is 0 Å². The van der Waals surface area contributed by atoms with Crippen LogP contribution in [0.1, 0.15) is 15.9 Å². The lowest BCUT2D eigenvalue weighted by Crippen LogP contribution is -2.27. The van der Waals surface area contributed by atoms with Crippen molar-refractivity contribution in [1.82, 2.24) is 4.98 Å². The summed E-state index contributed by atoms with van der Waals surface area (Å²) < 4.78 is 0. The van der Waals surface area contributed by atoms with E-state index in [0.717, 1.165) is 11.3 Å². The standard InChI is InChI=1S/C14H15N3O/c1-10-5-3-4-6-13(10)17(2)14(18)11-9-16-8-7-12(11)15/h3-9H,1-2H3,(H2,15,16). The van der Waals surface area contributed by atoms with Crippen molar-refractivity contribution >= 4 is 17.3 Å². The van der Waals surface area contributed by atoms with E-state index in [0.29, 0.717) is 11.3 Å². The Labute approximate surface area is 106 Å². The number of amides is 1. The monoisotopic (exact) mass is 241 g/mol. The van der Waals surface area contributed by atoms with Crippen LogP contribution in [0.2, 0.25) is 0 Å². The fourth-order valence-electron chi connectivity index (χ4n) is 1.81. The largest absolute Gasteiger partial charge is 0.398 e. The van der Waals surface area contributed by atoms with E-state index in [1.54, 1.807) is 24.2 Å². The van der Waals surface area contributed by atoms with Crippen molar-refractivity contribution in [2.75, 3.05) is 17.7 Å². The van der Waals surface area contributed by atoms with Crippen LogP contribution in [0.4, 0.5) is 11.4 Å². The summed E-state index contributed by atoms with van der Waals surface area (Å²) in [5.74, 6) is -0.157. The van der Waals surface area contributed by atoms with Gasteiger partial charge < -0.3 is 10.6 Å². The van der Waals surface area contributed by atoms with E-state index in [9.17, 15) is 4.79 Å². The topological polar surface area (TPSA) is 59.2 Å². The minimum absolute atomic E-state index is 0.157. The molecule has 1 amide bonds. The van der Waals surface area contributed by atoms with Crippen LogP contribution in [0, 0.1) is 6.92 Å². The molecule has 1 aromatic carbocycles. The number of aryl methyl sites for hydroxylation is 1. The second kappa shape index (κ2) is 4.87. The second-order valence-corrected chi connectivity index (χ2v) is 4.11. The van der Waals surface area contributed by atoms with E-state index < -0.39 is 0 Å². The Morgan fingerprint density at radius 2 is 2.00 bits per heavy atom. The number of rotatable bonds is 2. The van der Waals surface area contributed by atoms with Crippen molar-refractivity contribution in [2.24, 2.45) is 0 Å². The van der Waals surface area contributed by atoms with Gasteiger partial charge in [-0.15, -0.1) is 0 Å². The maximum Gasteiger partial charge on any atom is 0.261 e. The lowest BCUT2D eigenvalue weighted by molar-refractivity contribution is 0.0993. The van der Waals surface area contributed by atoms with Gasteiger partial charge in [0.05, 0.1) is 5.56 Å². The molecule has 0 spiro atoms. The first-order valence-electron chi connectivity index (χ1n) is 5.64. The highest BCUT2D eigenvalue weighted by Crippen LogP contribution is 2.21. The number of nitrogen functional groups attached to an aromatic ring is 1. The molecule has 18 heavy (non-hydrogen) atoms. The number of carbonyl (C=O) groups excluding carboxylic acids is 1. The minimum atomic E-state index is -0.157. The van der Waals surface area contributed by atoms with Crippen molar-refractivity contribution < 1.29 is 4.79 Å². The number of hydrogen-bond acceptors (Lipinski definition) is 3. The number of pyridine rings is 1. The zero-order valence-corrected chi connectivity index (χ0v) is 10.4. The highest BCUT2D eigenvalue weighted by Gasteiger charge is 2.17. The number of nitrogens with two attached hydrogens (primary N) is 1. The lowest BCUT2D eigenvalue weighted by atomic mass is 10.1. The van der Waals surface area contributed by atoms with E-state index >= 15 is 0 Å². The number of nitrogens with zero attached hydrogens (tertiary/aromatic N) is 2. The van der Waals surface area contributed by atoms with Crippen molar-refractivity contribution in [1.29, 1.82) is 0 Å². The van der Waals surface area contributed by atoms with Gasteiger partial charge in [0.25, 0.3) is 5.91 Å². The van der Waals surface area contributed by atoms with Gasteiger partial charge in [-0.3, -0.25) is 9.78 Å². The van der Waals surface area contributed by atoms with Crippen molar-refractivity contribution in [3.8, 4) is 0 Å². The molecule has 2 rings (SSSR count). The van der Waals surface area contributed by atoms with Crippen molar-refractivity contribution in [3.05, 3.63) is 53.9 Å². The Morgan fingerprint density at radius 1 is 1.28 bits per heavy atom. The molecule has 0 bridgehead atoms. The molecule has 0 saturated carbocycles. The van der Waals surface area contributed by atoms with Gasteiger partial charge in [-0.2, -0.15) is 0 Å². The molecular weight excluding hydrogens is 226 g/mol. The van der Waals surface area contributed by atoms with Crippen LogP contribution >= 0.6 is 0 Å². The van der Waals surface area contributed by atoms with Gasteiger partial charge in [0.2, 0.25) is 0 Å². The first kappa shape index (κ1) is 12.1. The second-order valence-electron chi connectivity index (χ2n) is 4.11. The summed E-state index contributed by atoms with van der Waals surface area (Å²) >= 11 is 0. The molecule has 4 nitrogen and oxygen atoms in total. The molecule has 0 aliphatic carbocycles. The Bertz CT molecular complexity index is 581. The van der Waals surface area contributed by atoms with Gasteiger partial charge in [-0.05, 0) is 24.6 Å². The van der Waals surface area contributed by atoms with Crippen LogP contribution in [0.3, 0.4) is 0 Å². The SMILES string of the molecule is Cc1ccccc1N(C)C(=O)c1cnccc1N. The number of carbonyl (C=O) groups is 1. The molecule has 4 heteroatoms. The van der Waals surface area contributed by atoms with E-state index in [1.807, 2.05) is 31.2 Å². The lowest BCUT2D eigenvalue weighted by Gasteiger charge is -2.20. The van der Waals surface area contributed by atoms with E-state index in [1.165, 1.54) is 6.20 Å². The number of anilines is 2. The third-order valence-corrected chi connectivity index (χ3v) is 2.87. The van der Waals surface area contributed by atoms with Gasteiger partial charge in [0, 0.05) is 30.8 Å². The number of benzene rings is 1. The predicted octanol–water partition coefficient (Wildman–Crippen LogP) is 2.25. The fourth-order valence-corrected chi connectivity index (χ4v) is 1.81. The van der Waals surface area contributed by atoms with E-state index in [-0.39, 0.29) is 5.91 Å². The first-order chi connectivity index (χ1) is 8.61. The van der Waals surface area contributed by atoms with Gasteiger partial charge in [0.15, 0.2) is 0 Å². The maximum absolute atomic E-state index is 12.3. The van der Waals surface area contributed by atoms with Crippen LogP contribution in [0.25, 0.3) is 0 Å².